The minimum absolute atomic E-state index is 0.0484. The highest BCUT2D eigenvalue weighted by Crippen LogP contribution is 2.29. The van der Waals surface area contributed by atoms with Crippen molar-refractivity contribution in [1.82, 2.24) is 14.7 Å². The maximum atomic E-state index is 12.6. The Morgan fingerprint density at radius 1 is 1.04 bits per heavy atom. The third kappa shape index (κ3) is 3.68. The normalized spacial score (nSPS) is 18.8. The van der Waals surface area contributed by atoms with Crippen LogP contribution in [0.2, 0.25) is 0 Å². The first-order chi connectivity index (χ1) is 13.1. The van der Waals surface area contributed by atoms with Crippen LogP contribution in [0.5, 0.6) is 0 Å². The molecule has 5 nitrogen and oxygen atoms in total. The van der Waals surface area contributed by atoms with Crippen molar-refractivity contribution >= 4 is 5.91 Å². The van der Waals surface area contributed by atoms with Crippen LogP contribution in [-0.2, 0) is 4.79 Å². The number of amides is 1. The molecule has 27 heavy (non-hydrogen) atoms. The highest BCUT2D eigenvalue weighted by Gasteiger charge is 2.31. The van der Waals surface area contributed by atoms with E-state index in [4.69, 9.17) is 5.10 Å². The second-order valence-electron chi connectivity index (χ2n) is 7.86. The van der Waals surface area contributed by atoms with E-state index in [1.807, 2.05) is 42.2 Å². The van der Waals surface area contributed by atoms with E-state index in [1.54, 1.807) is 10.7 Å². The lowest BCUT2D eigenvalue weighted by Gasteiger charge is -2.34. The molecule has 1 amide bonds. The van der Waals surface area contributed by atoms with Crippen LogP contribution in [0.1, 0.15) is 50.1 Å². The van der Waals surface area contributed by atoms with Gasteiger partial charge in [0.1, 0.15) is 0 Å². The van der Waals surface area contributed by atoms with E-state index >= 15 is 0 Å². The molecule has 1 saturated heterocycles. The number of aryl methyl sites for hydroxylation is 1. The molecule has 1 aliphatic carbocycles. The fourth-order valence-electron chi connectivity index (χ4n) is 4.46. The number of carbonyl (C=O) groups is 1. The SMILES string of the molecule is Cc1cc(=O)n(C2CCN(C(=O)C3CCCC3)CC2)nc1-c1ccccc1. The van der Waals surface area contributed by atoms with Crippen LogP contribution >= 0.6 is 0 Å². The van der Waals surface area contributed by atoms with Crippen molar-refractivity contribution in [2.24, 2.45) is 5.92 Å². The Balaban J connectivity index is 1.51. The number of hydrogen-bond acceptors (Lipinski definition) is 3. The quantitative estimate of drug-likeness (QED) is 0.835. The monoisotopic (exact) mass is 365 g/mol. The maximum Gasteiger partial charge on any atom is 0.267 e. The number of hydrogen-bond donors (Lipinski definition) is 0. The molecule has 0 radical (unpaired) electrons. The van der Waals surface area contributed by atoms with Gasteiger partial charge in [-0.25, -0.2) is 4.68 Å². The van der Waals surface area contributed by atoms with Crippen molar-refractivity contribution in [2.75, 3.05) is 13.1 Å². The van der Waals surface area contributed by atoms with Gasteiger partial charge < -0.3 is 4.90 Å². The van der Waals surface area contributed by atoms with Gasteiger partial charge in [0.15, 0.2) is 0 Å². The molecule has 4 rings (SSSR count). The Morgan fingerprint density at radius 2 is 1.70 bits per heavy atom. The Labute approximate surface area is 160 Å². The van der Waals surface area contributed by atoms with Gasteiger partial charge in [0.2, 0.25) is 5.91 Å². The minimum atomic E-state index is -0.0484. The van der Waals surface area contributed by atoms with Crippen LogP contribution < -0.4 is 5.56 Å². The fraction of sp³-hybridized carbons (Fsp3) is 0.500. The molecule has 1 aliphatic heterocycles. The lowest BCUT2D eigenvalue weighted by atomic mass is 10.0. The summed E-state index contributed by atoms with van der Waals surface area (Å²) in [5.41, 5.74) is 2.74. The molecule has 2 aliphatic rings. The van der Waals surface area contributed by atoms with Gasteiger partial charge in [-0.1, -0.05) is 43.2 Å². The second kappa shape index (κ2) is 7.67. The summed E-state index contributed by atoms with van der Waals surface area (Å²) in [6.07, 6.45) is 6.03. The van der Waals surface area contributed by atoms with E-state index in [0.717, 1.165) is 55.6 Å². The van der Waals surface area contributed by atoms with Gasteiger partial charge in [0.25, 0.3) is 5.56 Å². The molecule has 2 fully saturated rings. The van der Waals surface area contributed by atoms with Crippen molar-refractivity contribution in [3.63, 3.8) is 0 Å². The molecular weight excluding hydrogens is 338 g/mol. The summed E-state index contributed by atoms with van der Waals surface area (Å²) in [5, 5.41) is 4.71. The zero-order valence-corrected chi connectivity index (χ0v) is 15.9. The molecule has 0 bridgehead atoms. The van der Waals surface area contributed by atoms with Gasteiger partial charge in [-0.05, 0) is 38.2 Å². The minimum Gasteiger partial charge on any atom is -0.342 e. The predicted octanol–water partition coefficient (Wildman–Crippen LogP) is 3.57. The molecule has 2 heterocycles. The number of benzene rings is 1. The third-order valence-corrected chi connectivity index (χ3v) is 6.02. The first kappa shape index (κ1) is 18.0. The van der Waals surface area contributed by atoms with E-state index in [0.29, 0.717) is 5.91 Å². The number of aromatic nitrogens is 2. The van der Waals surface area contributed by atoms with Gasteiger partial charge in [0, 0.05) is 30.6 Å². The van der Waals surface area contributed by atoms with Crippen LogP contribution in [0.3, 0.4) is 0 Å². The molecule has 0 atom stereocenters. The van der Waals surface area contributed by atoms with Gasteiger partial charge in [-0.2, -0.15) is 5.10 Å². The molecule has 0 unspecified atom stereocenters. The van der Waals surface area contributed by atoms with Gasteiger partial charge >= 0.3 is 0 Å². The summed E-state index contributed by atoms with van der Waals surface area (Å²) < 4.78 is 1.65. The average Bonchev–Trinajstić information content (AvgIpc) is 3.23. The van der Waals surface area contributed by atoms with Gasteiger partial charge in [0.05, 0.1) is 11.7 Å². The van der Waals surface area contributed by atoms with Crippen molar-refractivity contribution < 1.29 is 4.79 Å². The van der Waals surface area contributed by atoms with Crippen LogP contribution in [0.4, 0.5) is 0 Å². The maximum absolute atomic E-state index is 12.6. The zero-order valence-electron chi connectivity index (χ0n) is 15.9. The number of likely N-dealkylation sites (tertiary alicyclic amines) is 1. The molecule has 0 spiro atoms. The Morgan fingerprint density at radius 3 is 2.37 bits per heavy atom. The van der Waals surface area contributed by atoms with E-state index in [1.165, 1.54) is 12.8 Å². The Bertz CT molecular complexity index is 861. The largest absolute Gasteiger partial charge is 0.342 e. The number of piperidine rings is 1. The third-order valence-electron chi connectivity index (χ3n) is 6.02. The van der Waals surface area contributed by atoms with E-state index in [2.05, 4.69) is 0 Å². The summed E-state index contributed by atoms with van der Waals surface area (Å²) in [7, 11) is 0. The van der Waals surface area contributed by atoms with Crippen LogP contribution in [-0.4, -0.2) is 33.7 Å². The lowest BCUT2D eigenvalue weighted by Crippen LogP contribution is -2.43. The van der Waals surface area contributed by atoms with E-state index < -0.39 is 0 Å². The molecule has 5 heteroatoms. The highest BCUT2D eigenvalue weighted by molar-refractivity contribution is 5.79. The zero-order chi connectivity index (χ0) is 18.8. The number of nitrogens with zero attached hydrogens (tertiary/aromatic N) is 3. The summed E-state index contributed by atoms with van der Waals surface area (Å²) >= 11 is 0. The van der Waals surface area contributed by atoms with Crippen LogP contribution in [0.15, 0.2) is 41.2 Å². The summed E-state index contributed by atoms with van der Waals surface area (Å²) in [6.45, 7) is 3.38. The molecule has 1 aromatic heterocycles. The van der Waals surface area contributed by atoms with E-state index in [-0.39, 0.29) is 17.5 Å². The molecule has 2 aromatic rings. The lowest BCUT2D eigenvalue weighted by molar-refractivity contribution is -0.136. The van der Waals surface area contributed by atoms with Crippen molar-refractivity contribution in [3.8, 4) is 11.3 Å². The van der Waals surface area contributed by atoms with Crippen molar-refractivity contribution in [2.45, 2.75) is 51.5 Å². The van der Waals surface area contributed by atoms with Crippen LogP contribution in [0, 0.1) is 12.8 Å². The molecule has 1 saturated carbocycles. The Hall–Kier alpha value is -2.43. The molecule has 0 N–H and O–H groups in total. The summed E-state index contributed by atoms with van der Waals surface area (Å²) in [6, 6.07) is 11.7. The van der Waals surface area contributed by atoms with Crippen molar-refractivity contribution in [1.29, 1.82) is 0 Å². The molecule has 142 valence electrons. The van der Waals surface area contributed by atoms with Gasteiger partial charge in [-0.3, -0.25) is 9.59 Å². The standard InChI is InChI=1S/C22H27N3O2/c1-16-15-20(26)25(23-21(16)17-7-3-2-4-8-17)19-11-13-24(14-12-19)22(27)18-9-5-6-10-18/h2-4,7-8,15,18-19H,5-6,9-14H2,1H3. The number of carbonyl (C=O) groups excluding carboxylic acids is 1. The van der Waals surface area contributed by atoms with Crippen LogP contribution in [0.25, 0.3) is 11.3 Å². The molecule has 1 aromatic carbocycles. The second-order valence-corrected chi connectivity index (χ2v) is 7.86. The van der Waals surface area contributed by atoms with E-state index in [9.17, 15) is 9.59 Å². The highest BCUT2D eigenvalue weighted by atomic mass is 16.2. The Kier molecular flexibility index (Phi) is 5.10. The van der Waals surface area contributed by atoms with Gasteiger partial charge in [-0.15, -0.1) is 0 Å². The summed E-state index contributed by atoms with van der Waals surface area (Å²) in [4.78, 5) is 27.2. The van der Waals surface area contributed by atoms with Crippen molar-refractivity contribution in [3.05, 3.63) is 52.3 Å². The first-order valence-electron chi connectivity index (χ1n) is 10.1. The average molecular weight is 365 g/mol. The summed E-state index contributed by atoms with van der Waals surface area (Å²) in [5.74, 6) is 0.548. The fourth-order valence-corrected chi connectivity index (χ4v) is 4.46. The topological polar surface area (TPSA) is 55.2 Å². The first-order valence-corrected chi connectivity index (χ1v) is 10.1. The molecular formula is C22H27N3O2. The smallest absolute Gasteiger partial charge is 0.267 e. The predicted molar refractivity (Wildman–Crippen MR) is 105 cm³/mol. The number of rotatable bonds is 3.